The van der Waals surface area contributed by atoms with E-state index < -0.39 is 5.92 Å². The molecule has 43 heavy (non-hydrogen) atoms. The van der Waals surface area contributed by atoms with Crippen LogP contribution in [0.15, 0.2) is 58.9 Å². The molecule has 2 aromatic rings. The summed E-state index contributed by atoms with van der Waals surface area (Å²) in [6.45, 7) is 15.2. The van der Waals surface area contributed by atoms with E-state index in [4.69, 9.17) is 9.47 Å². The van der Waals surface area contributed by atoms with E-state index in [9.17, 15) is 14.4 Å². The van der Waals surface area contributed by atoms with Gasteiger partial charge in [-0.3, -0.25) is 14.4 Å². The molecule has 0 saturated carbocycles. The van der Waals surface area contributed by atoms with Gasteiger partial charge in [-0.15, -0.1) is 0 Å². The van der Waals surface area contributed by atoms with Crippen LogP contribution in [0.5, 0.6) is 11.5 Å². The smallest absolute Gasteiger partial charge is 0.262 e. The predicted molar refractivity (Wildman–Crippen MR) is 168 cm³/mol. The van der Waals surface area contributed by atoms with Crippen molar-refractivity contribution in [2.24, 2.45) is 10.8 Å². The van der Waals surface area contributed by atoms with Crippen molar-refractivity contribution in [2.75, 3.05) is 25.6 Å². The van der Waals surface area contributed by atoms with Crippen molar-refractivity contribution >= 4 is 23.2 Å². The molecule has 0 unspecified atom stereocenters. The lowest BCUT2D eigenvalue weighted by molar-refractivity contribution is -0.120. The summed E-state index contributed by atoms with van der Waals surface area (Å²) in [6, 6.07) is 11.3. The molecular weight excluding hydrogens is 540 g/mol. The van der Waals surface area contributed by atoms with E-state index in [1.54, 1.807) is 13.2 Å². The number of amides is 1. The van der Waals surface area contributed by atoms with Gasteiger partial charge in [0.1, 0.15) is 0 Å². The van der Waals surface area contributed by atoms with Gasteiger partial charge in [0.15, 0.2) is 29.7 Å². The van der Waals surface area contributed by atoms with Crippen LogP contribution in [0.3, 0.4) is 0 Å². The highest BCUT2D eigenvalue weighted by molar-refractivity contribution is 6.06. The van der Waals surface area contributed by atoms with Gasteiger partial charge in [0.05, 0.1) is 7.11 Å². The average molecular weight is 585 g/mol. The molecule has 0 bridgehead atoms. The van der Waals surface area contributed by atoms with E-state index in [1.807, 2.05) is 44.2 Å². The largest absolute Gasteiger partial charge is 0.493 e. The van der Waals surface area contributed by atoms with E-state index in [0.717, 1.165) is 52.1 Å². The number of anilines is 1. The van der Waals surface area contributed by atoms with Crippen molar-refractivity contribution in [3.8, 4) is 11.5 Å². The Morgan fingerprint density at radius 1 is 0.860 bits per heavy atom. The quantitative estimate of drug-likeness (QED) is 0.376. The molecule has 1 heterocycles. The second-order valence-electron chi connectivity index (χ2n) is 13.8. The summed E-state index contributed by atoms with van der Waals surface area (Å²) < 4.78 is 11.6. The Bertz CT molecular complexity index is 1510. The molecule has 5 rings (SSSR count). The Labute approximate surface area is 255 Å². The molecule has 0 fully saturated rings. The van der Waals surface area contributed by atoms with Crippen molar-refractivity contribution in [1.82, 2.24) is 4.90 Å². The number of hydrogen-bond donors (Lipinski definition) is 1. The number of allylic oxidation sites excluding steroid dienone is 4. The van der Waals surface area contributed by atoms with Crippen LogP contribution >= 0.6 is 0 Å². The number of aryl methyl sites for hydroxylation is 2. The molecule has 0 aromatic heterocycles. The van der Waals surface area contributed by atoms with Crippen LogP contribution < -0.4 is 14.8 Å². The molecule has 0 atom stereocenters. The van der Waals surface area contributed by atoms with Gasteiger partial charge in [-0.2, -0.15) is 0 Å². The lowest BCUT2D eigenvalue weighted by Gasteiger charge is -2.48. The number of Topliss-reactive ketones (excluding diaryl/α,β-unsaturated/α-hetero) is 2. The van der Waals surface area contributed by atoms with Gasteiger partial charge in [0.25, 0.3) is 5.91 Å². The summed E-state index contributed by atoms with van der Waals surface area (Å²) in [4.78, 5) is 42.7. The number of ketones is 2. The molecule has 2 aromatic carbocycles. The van der Waals surface area contributed by atoms with E-state index in [2.05, 4.69) is 44.8 Å². The number of nitrogens with zero attached hydrogens (tertiary/aromatic N) is 1. The summed E-state index contributed by atoms with van der Waals surface area (Å²) in [7, 11) is 1.55. The molecule has 3 aliphatic rings. The monoisotopic (exact) mass is 584 g/mol. The summed E-state index contributed by atoms with van der Waals surface area (Å²) in [6.07, 6.45) is 2.43. The third-order valence-corrected chi connectivity index (χ3v) is 9.01. The van der Waals surface area contributed by atoms with Gasteiger partial charge in [0.2, 0.25) is 0 Å². The van der Waals surface area contributed by atoms with Gasteiger partial charge >= 0.3 is 0 Å². The minimum atomic E-state index is -0.462. The highest BCUT2D eigenvalue weighted by atomic mass is 16.5. The van der Waals surface area contributed by atoms with Gasteiger partial charge in [-0.05, 0) is 85.4 Å². The third-order valence-electron chi connectivity index (χ3n) is 9.01. The number of carbonyl (C=O) groups excluding carboxylic acids is 3. The van der Waals surface area contributed by atoms with Crippen LogP contribution in [0, 0.1) is 24.7 Å². The zero-order valence-electron chi connectivity index (χ0n) is 26.8. The first-order valence-electron chi connectivity index (χ1n) is 15.2. The number of rotatable bonds is 7. The molecular formula is C36H44N2O5. The van der Waals surface area contributed by atoms with Gasteiger partial charge < -0.3 is 19.7 Å². The Balaban J connectivity index is 1.49. The van der Waals surface area contributed by atoms with Crippen LogP contribution in [0.2, 0.25) is 0 Å². The lowest BCUT2D eigenvalue weighted by atomic mass is 9.63. The molecule has 228 valence electrons. The van der Waals surface area contributed by atoms with Crippen LogP contribution in [0.25, 0.3) is 0 Å². The second kappa shape index (κ2) is 11.3. The third kappa shape index (κ3) is 5.99. The first kappa shape index (κ1) is 30.6. The number of nitrogens with one attached hydrogen (secondary N) is 1. The van der Waals surface area contributed by atoms with E-state index in [-0.39, 0.29) is 34.9 Å². The topological polar surface area (TPSA) is 84.9 Å². The van der Waals surface area contributed by atoms with Crippen LogP contribution in [-0.4, -0.2) is 42.6 Å². The maximum absolute atomic E-state index is 13.9. The van der Waals surface area contributed by atoms with Crippen LogP contribution in [0.1, 0.15) is 82.9 Å². The highest BCUT2D eigenvalue weighted by Gasteiger charge is 2.48. The first-order valence-corrected chi connectivity index (χ1v) is 15.2. The van der Waals surface area contributed by atoms with Gasteiger partial charge in [-0.25, -0.2) is 0 Å². The molecule has 1 aliphatic heterocycles. The summed E-state index contributed by atoms with van der Waals surface area (Å²) >= 11 is 0. The van der Waals surface area contributed by atoms with Crippen molar-refractivity contribution < 1.29 is 23.9 Å². The molecule has 2 aliphatic carbocycles. The number of ether oxygens (including phenoxy) is 2. The molecule has 0 spiro atoms. The maximum atomic E-state index is 13.9. The molecule has 0 saturated heterocycles. The van der Waals surface area contributed by atoms with E-state index >= 15 is 0 Å². The Kier molecular flexibility index (Phi) is 8.05. The fraction of sp³-hybridized carbons (Fsp3) is 0.472. The van der Waals surface area contributed by atoms with E-state index in [0.29, 0.717) is 36.6 Å². The van der Waals surface area contributed by atoms with Gasteiger partial charge in [0, 0.05) is 53.5 Å². The van der Waals surface area contributed by atoms with Crippen molar-refractivity contribution in [3.05, 3.63) is 75.6 Å². The van der Waals surface area contributed by atoms with Crippen molar-refractivity contribution in [2.45, 2.75) is 80.1 Å². The predicted octanol–water partition coefficient (Wildman–Crippen LogP) is 7.04. The zero-order valence-corrected chi connectivity index (χ0v) is 26.8. The average Bonchev–Trinajstić information content (AvgIpc) is 2.91. The Morgan fingerprint density at radius 3 is 2.00 bits per heavy atom. The standard InChI is InChI=1S/C36H44N2O5/c1-9-38-25-16-35(4,5)18-27(39)33(25)32(34-26(38)17-36(6,7)19-28(34)40)23-11-13-29(30(15-23)42-8)43-20-31(41)37-24-12-10-21(2)22(3)14-24/h10-15,32H,9,16-20H2,1-8H3,(H,37,41). The number of methoxy groups -OCH3 is 1. The van der Waals surface area contributed by atoms with Crippen LogP contribution in [0.4, 0.5) is 5.69 Å². The fourth-order valence-corrected chi connectivity index (χ4v) is 6.91. The minimum absolute atomic E-state index is 0.0983. The zero-order chi connectivity index (χ0) is 31.3. The Morgan fingerprint density at radius 2 is 1.47 bits per heavy atom. The maximum Gasteiger partial charge on any atom is 0.262 e. The number of benzene rings is 2. The van der Waals surface area contributed by atoms with E-state index in [1.165, 1.54) is 0 Å². The molecule has 7 nitrogen and oxygen atoms in total. The first-order chi connectivity index (χ1) is 20.2. The van der Waals surface area contributed by atoms with Gasteiger partial charge in [-0.1, -0.05) is 39.8 Å². The molecule has 7 heteroatoms. The molecule has 0 radical (unpaired) electrons. The summed E-state index contributed by atoms with van der Waals surface area (Å²) in [5.74, 6) is 0.323. The number of carbonyl (C=O) groups is 3. The van der Waals surface area contributed by atoms with Crippen LogP contribution in [-0.2, 0) is 14.4 Å². The fourth-order valence-electron chi connectivity index (χ4n) is 6.91. The summed E-state index contributed by atoms with van der Waals surface area (Å²) in [5.41, 5.74) is 7.01. The second-order valence-corrected chi connectivity index (χ2v) is 13.8. The van der Waals surface area contributed by atoms with Crippen molar-refractivity contribution in [1.29, 1.82) is 0 Å². The number of hydrogen-bond acceptors (Lipinski definition) is 6. The van der Waals surface area contributed by atoms with Crippen molar-refractivity contribution in [3.63, 3.8) is 0 Å². The SMILES string of the molecule is CCN1C2=C(C(=O)CC(C)(C)C2)C(c2ccc(OCC(=O)Nc3ccc(C)c(C)c3)c(OC)c2)C2=C1CC(C)(C)CC2=O. The lowest BCUT2D eigenvalue weighted by Crippen LogP contribution is -2.44. The minimum Gasteiger partial charge on any atom is -0.493 e. The normalized spacial score (nSPS) is 19.7. The highest BCUT2D eigenvalue weighted by Crippen LogP contribution is 2.54. The summed E-state index contributed by atoms with van der Waals surface area (Å²) in [5, 5.41) is 2.88. The Hall–Kier alpha value is -3.87. The molecule has 1 N–H and O–H groups in total. The molecule has 1 amide bonds.